The molecule has 3 aromatic heterocycles. The Morgan fingerprint density at radius 1 is 0.707 bits per heavy atom. The van der Waals surface area contributed by atoms with Crippen molar-refractivity contribution in [2.45, 2.75) is 25.2 Å². The summed E-state index contributed by atoms with van der Waals surface area (Å²) < 4.78 is 9.19. The monoisotopic (exact) mass is 529 g/mol. The van der Waals surface area contributed by atoms with Gasteiger partial charge in [-0.2, -0.15) is 0 Å². The van der Waals surface area contributed by atoms with Crippen molar-refractivity contribution in [3.63, 3.8) is 0 Å². The molecule has 2 aliphatic rings. The molecule has 4 nitrogen and oxygen atoms in total. The Morgan fingerprint density at radius 2 is 1.44 bits per heavy atom. The fourth-order valence-electron chi connectivity index (χ4n) is 7.34. The van der Waals surface area contributed by atoms with Crippen molar-refractivity contribution >= 4 is 43.7 Å². The highest BCUT2D eigenvalue weighted by Crippen LogP contribution is 2.57. The van der Waals surface area contributed by atoms with Crippen molar-refractivity contribution < 1.29 is 4.42 Å². The number of aromatic nitrogens is 3. The van der Waals surface area contributed by atoms with Crippen LogP contribution in [0.4, 0.5) is 0 Å². The molecule has 0 aliphatic heterocycles. The van der Waals surface area contributed by atoms with E-state index in [1.807, 2.05) is 12.1 Å². The topological polar surface area (TPSA) is 43.9 Å². The van der Waals surface area contributed by atoms with Crippen LogP contribution in [0.5, 0.6) is 0 Å². The van der Waals surface area contributed by atoms with Crippen molar-refractivity contribution in [2.75, 3.05) is 0 Å². The van der Waals surface area contributed by atoms with Crippen molar-refractivity contribution in [1.82, 2.24) is 14.5 Å². The average Bonchev–Trinajstić information content (AvgIpc) is 3.64. The fourth-order valence-corrected chi connectivity index (χ4v) is 7.34. The van der Waals surface area contributed by atoms with E-state index >= 15 is 0 Å². The minimum atomic E-state index is -0.108. The van der Waals surface area contributed by atoms with E-state index in [0.29, 0.717) is 17.8 Å². The van der Waals surface area contributed by atoms with Gasteiger partial charge in [0.15, 0.2) is 5.58 Å². The fraction of sp³-hybridized carbons (Fsp3) is 0.135. The first-order chi connectivity index (χ1) is 20.1. The number of fused-ring (bicyclic) bond motifs is 10. The third kappa shape index (κ3) is 2.99. The maximum absolute atomic E-state index is 6.98. The highest BCUT2D eigenvalue weighted by molar-refractivity contribution is 6.17. The number of hydrogen-bond donors (Lipinski definition) is 0. The van der Waals surface area contributed by atoms with Crippen LogP contribution in [-0.4, -0.2) is 14.5 Å². The second-order valence-corrected chi connectivity index (χ2v) is 11.8. The number of nitrogens with zero attached hydrogens (tertiary/aromatic N) is 3. The number of para-hydroxylation sites is 2. The van der Waals surface area contributed by atoms with Gasteiger partial charge in [0.1, 0.15) is 11.3 Å². The Balaban J connectivity index is 1.42. The van der Waals surface area contributed by atoms with E-state index in [1.54, 1.807) is 0 Å². The molecule has 2 atom stereocenters. The molecule has 0 fully saturated rings. The lowest BCUT2D eigenvalue weighted by Crippen LogP contribution is -2.24. The first kappa shape index (κ1) is 22.8. The summed E-state index contributed by atoms with van der Waals surface area (Å²) in [4.78, 5) is 10.4. The molecule has 41 heavy (non-hydrogen) atoms. The van der Waals surface area contributed by atoms with Gasteiger partial charge in [-0.3, -0.25) is 4.57 Å². The van der Waals surface area contributed by atoms with Gasteiger partial charge in [-0.25, -0.2) is 9.97 Å². The standard InChI is InChI=1S/C37H27N3O/c1-37(2)28-17-9-6-15-25(28)31-27-21-20-24-23-14-8-11-19-30(23)40(33(24)34(27)41-35(31)37)36-38-29-18-10-7-16-26(29)32(39-36)22-12-4-3-5-13-22/h3-21,25,28H,1-2H3. The van der Waals surface area contributed by atoms with Crippen LogP contribution >= 0.6 is 0 Å². The summed E-state index contributed by atoms with van der Waals surface area (Å²) in [6.07, 6.45) is 9.03. The molecule has 9 rings (SSSR count). The molecule has 7 aromatic rings. The molecule has 0 radical (unpaired) electrons. The maximum atomic E-state index is 6.98. The maximum Gasteiger partial charge on any atom is 0.235 e. The zero-order chi connectivity index (χ0) is 27.3. The van der Waals surface area contributed by atoms with Crippen LogP contribution in [-0.2, 0) is 5.41 Å². The number of benzene rings is 4. The Bertz CT molecular complexity index is 2250. The molecular formula is C37H27N3O. The predicted molar refractivity (Wildman–Crippen MR) is 167 cm³/mol. The van der Waals surface area contributed by atoms with Crippen LogP contribution < -0.4 is 0 Å². The first-order valence-electron chi connectivity index (χ1n) is 14.3. The van der Waals surface area contributed by atoms with Crippen LogP contribution in [0.3, 0.4) is 0 Å². The molecule has 196 valence electrons. The quantitative estimate of drug-likeness (QED) is 0.224. The van der Waals surface area contributed by atoms with Gasteiger partial charge in [0.25, 0.3) is 0 Å². The summed E-state index contributed by atoms with van der Waals surface area (Å²) in [5.41, 5.74) is 7.13. The minimum absolute atomic E-state index is 0.108. The Kier molecular flexibility index (Phi) is 4.48. The number of hydrogen-bond acceptors (Lipinski definition) is 3. The molecule has 0 N–H and O–H groups in total. The molecular weight excluding hydrogens is 502 g/mol. The van der Waals surface area contributed by atoms with Gasteiger partial charge < -0.3 is 4.42 Å². The molecule has 4 aromatic carbocycles. The molecule has 0 bridgehead atoms. The van der Waals surface area contributed by atoms with Gasteiger partial charge >= 0.3 is 0 Å². The number of allylic oxidation sites excluding steroid dienone is 4. The summed E-state index contributed by atoms with van der Waals surface area (Å²) in [5, 5.41) is 4.53. The molecule has 3 heterocycles. The Hall–Kier alpha value is -4.96. The van der Waals surface area contributed by atoms with Crippen LogP contribution in [0.2, 0.25) is 0 Å². The molecule has 0 saturated heterocycles. The Morgan fingerprint density at radius 3 is 2.32 bits per heavy atom. The van der Waals surface area contributed by atoms with Crippen molar-refractivity contribution in [1.29, 1.82) is 0 Å². The van der Waals surface area contributed by atoms with Gasteiger partial charge in [0.05, 0.1) is 16.7 Å². The summed E-state index contributed by atoms with van der Waals surface area (Å²) in [5.74, 6) is 2.44. The van der Waals surface area contributed by atoms with Crippen LogP contribution in [0.25, 0.3) is 60.9 Å². The smallest absolute Gasteiger partial charge is 0.235 e. The third-order valence-electron chi connectivity index (χ3n) is 9.25. The zero-order valence-electron chi connectivity index (χ0n) is 22.9. The van der Waals surface area contributed by atoms with E-state index < -0.39 is 0 Å². The van der Waals surface area contributed by atoms with Gasteiger partial charge in [0.2, 0.25) is 5.95 Å². The highest BCUT2D eigenvalue weighted by atomic mass is 16.3. The zero-order valence-corrected chi connectivity index (χ0v) is 22.9. The van der Waals surface area contributed by atoms with E-state index in [9.17, 15) is 0 Å². The summed E-state index contributed by atoms with van der Waals surface area (Å²) in [6, 6.07) is 31.7. The van der Waals surface area contributed by atoms with Crippen LogP contribution in [0, 0.1) is 5.92 Å². The molecule has 0 spiro atoms. The first-order valence-corrected chi connectivity index (χ1v) is 14.3. The highest BCUT2D eigenvalue weighted by Gasteiger charge is 2.49. The summed E-state index contributed by atoms with van der Waals surface area (Å²) in [7, 11) is 0. The minimum Gasteiger partial charge on any atom is -0.458 e. The van der Waals surface area contributed by atoms with E-state index in [0.717, 1.165) is 55.3 Å². The molecule has 4 heteroatoms. The van der Waals surface area contributed by atoms with E-state index in [1.165, 1.54) is 10.9 Å². The molecule has 2 unspecified atom stereocenters. The lowest BCUT2D eigenvalue weighted by atomic mass is 9.75. The van der Waals surface area contributed by atoms with Crippen LogP contribution in [0.1, 0.15) is 31.1 Å². The Labute approximate surface area is 237 Å². The van der Waals surface area contributed by atoms with Crippen molar-refractivity contribution in [3.8, 4) is 17.2 Å². The van der Waals surface area contributed by atoms with E-state index in [-0.39, 0.29) is 5.41 Å². The molecule has 0 amide bonds. The van der Waals surface area contributed by atoms with E-state index in [2.05, 4.69) is 122 Å². The largest absolute Gasteiger partial charge is 0.458 e. The van der Waals surface area contributed by atoms with Crippen LogP contribution in [0.15, 0.2) is 120 Å². The molecule has 2 aliphatic carbocycles. The predicted octanol–water partition coefficient (Wildman–Crippen LogP) is 9.26. The van der Waals surface area contributed by atoms with E-state index in [4.69, 9.17) is 14.4 Å². The SMILES string of the molecule is CC1(C)c2oc3c(ccc4c5ccccc5n(-c5nc(-c6ccccc6)c6ccccc6n5)c43)c2C2C=CC=CC21. The number of rotatable bonds is 2. The summed E-state index contributed by atoms with van der Waals surface area (Å²) >= 11 is 0. The second kappa shape index (κ2) is 8.05. The van der Waals surface area contributed by atoms with Crippen molar-refractivity contribution in [3.05, 3.63) is 127 Å². The van der Waals surface area contributed by atoms with Gasteiger partial charge in [0, 0.05) is 44.0 Å². The summed E-state index contributed by atoms with van der Waals surface area (Å²) in [6.45, 7) is 4.63. The van der Waals surface area contributed by atoms with Gasteiger partial charge in [-0.15, -0.1) is 0 Å². The van der Waals surface area contributed by atoms with Gasteiger partial charge in [-0.1, -0.05) is 117 Å². The second-order valence-electron chi connectivity index (χ2n) is 11.8. The number of furan rings is 1. The van der Waals surface area contributed by atoms with Gasteiger partial charge in [-0.05, 0) is 18.1 Å². The average molecular weight is 530 g/mol. The third-order valence-corrected chi connectivity index (χ3v) is 9.25. The lowest BCUT2D eigenvalue weighted by molar-refractivity contribution is 0.338. The lowest BCUT2D eigenvalue weighted by Gasteiger charge is -2.28. The normalized spacial score (nSPS) is 19.0. The van der Waals surface area contributed by atoms with Crippen molar-refractivity contribution in [2.24, 2.45) is 5.92 Å². The molecule has 0 saturated carbocycles.